The van der Waals surface area contributed by atoms with Crippen molar-refractivity contribution >= 4 is 18.3 Å². The van der Waals surface area contributed by atoms with Gasteiger partial charge in [-0.15, -0.1) is 12.4 Å². The van der Waals surface area contributed by atoms with Crippen LogP contribution in [0.2, 0.25) is 0 Å². The lowest BCUT2D eigenvalue weighted by Crippen LogP contribution is -2.59. The minimum Gasteiger partial charge on any atom is -0.340 e. The van der Waals surface area contributed by atoms with Crippen molar-refractivity contribution in [3.8, 4) is 0 Å². The molecule has 136 valence electrons. The highest BCUT2D eigenvalue weighted by atomic mass is 35.5. The molecular weight excluding hydrogens is 322 g/mol. The van der Waals surface area contributed by atoms with Crippen LogP contribution < -0.4 is 5.32 Å². The van der Waals surface area contributed by atoms with E-state index in [1.54, 1.807) is 0 Å². The van der Waals surface area contributed by atoms with E-state index in [0.717, 1.165) is 57.0 Å². The van der Waals surface area contributed by atoms with Crippen molar-refractivity contribution in [3.63, 3.8) is 0 Å². The average molecular weight is 354 g/mol. The Morgan fingerprint density at radius 2 is 1.50 bits per heavy atom. The first-order chi connectivity index (χ1) is 11.2. The predicted octanol–water partition coefficient (Wildman–Crippen LogP) is 2.13. The van der Waals surface area contributed by atoms with Gasteiger partial charge in [-0.05, 0) is 69.2 Å². The second-order valence-corrected chi connectivity index (χ2v) is 9.17. The second-order valence-electron chi connectivity index (χ2n) is 9.17. The topological polar surface area (TPSA) is 35.6 Å². The molecule has 0 aromatic rings. The number of nitrogens with one attached hydrogen (secondary N) is 1. The van der Waals surface area contributed by atoms with Gasteiger partial charge in [0, 0.05) is 38.8 Å². The first-order valence-corrected chi connectivity index (χ1v) is 9.96. The van der Waals surface area contributed by atoms with E-state index in [9.17, 15) is 4.79 Å². The fourth-order valence-corrected chi connectivity index (χ4v) is 6.95. The Kier molecular flexibility index (Phi) is 4.59. The number of halogens is 1. The minimum atomic E-state index is 0. The fraction of sp³-hybridized carbons (Fsp3) is 0.947. The van der Waals surface area contributed by atoms with Crippen LogP contribution in [0.5, 0.6) is 0 Å². The number of hydrogen-bond acceptors (Lipinski definition) is 3. The third-order valence-electron chi connectivity index (χ3n) is 7.64. The van der Waals surface area contributed by atoms with E-state index >= 15 is 0 Å². The van der Waals surface area contributed by atoms with Crippen LogP contribution in [-0.4, -0.2) is 61.0 Å². The summed E-state index contributed by atoms with van der Waals surface area (Å²) >= 11 is 0. The van der Waals surface area contributed by atoms with Gasteiger partial charge in [0.25, 0.3) is 0 Å². The Labute approximate surface area is 152 Å². The predicted molar refractivity (Wildman–Crippen MR) is 97.3 cm³/mol. The Hall–Kier alpha value is -0.320. The number of hydrogen-bond donors (Lipinski definition) is 1. The van der Waals surface area contributed by atoms with Crippen molar-refractivity contribution in [2.75, 3.05) is 39.3 Å². The largest absolute Gasteiger partial charge is 0.340 e. The molecule has 1 atom stereocenters. The number of carbonyl (C=O) groups is 1. The van der Waals surface area contributed by atoms with Crippen molar-refractivity contribution in [2.45, 2.75) is 51.0 Å². The molecule has 0 radical (unpaired) electrons. The van der Waals surface area contributed by atoms with Gasteiger partial charge in [-0.2, -0.15) is 0 Å². The molecule has 2 heterocycles. The van der Waals surface area contributed by atoms with E-state index in [1.165, 1.54) is 44.9 Å². The molecule has 6 aliphatic rings. The summed E-state index contributed by atoms with van der Waals surface area (Å²) in [5, 5.41) is 3.47. The second kappa shape index (κ2) is 6.44. The molecule has 24 heavy (non-hydrogen) atoms. The van der Waals surface area contributed by atoms with Crippen molar-refractivity contribution in [1.82, 2.24) is 15.1 Å². The van der Waals surface area contributed by atoms with Gasteiger partial charge in [0.15, 0.2) is 0 Å². The summed E-state index contributed by atoms with van der Waals surface area (Å²) in [6, 6.07) is 0.715. The van der Waals surface area contributed by atoms with Gasteiger partial charge >= 0.3 is 0 Å². The van der Waals surface area contributed by atoms with Crippen LogP contribution in [0.25, 0.3) is 0 Å². The molecule has 2 aliphatic heterocycles. The van der Waals surface area contributed by atoms with Gasteiger partial charge in [-0.25, -0.2) is 0 Å². The first-order valence-electron chi connectivity index (χ1n) is 9.96. The Morgan fingerprint density at radius 1 is 0.917 bits per heavy atom. The molecular formula is C19H32ClN3O. The summed E-state index contributed by atoms with van der Waals surface area (Å²) in [5.74, 6) is 3.16. The molecule has 0 aromatic heterocycles. The van der Waals surface area contributed by atoms with Crippen molar-refractivity contribution in [1.29, 1.82) is 0 Å². The third kappa shape index (κ3) is 2.79. The molecule has 6 rings (SSSR count). The van der Waals surface area contributed by atoms with Crippen LogP contribution in [0, 0.1) is 23.2 Å². The van der Waals surface area contributed by atoms with Crippen LogP contribution in [0.3, 0.4) is 0 Å². The number of nitrogens with zero attached hydrogens (tertiary/aromatic N) is 2. The van der Waals surface area contributed by atoms with Crippen LogP contribution >= 0.6 is 12.4 Å². The van der Waals surface area contributed by atoms with Crippen molar-refractivity contribution in [3.05, 3.63) is 0 Å². The summed E-state index contributed by atoms with van der Waals surface area (Å²) < 4.78 is 0. The van der Waals surface area contributed by atoms with Gasteiger partial charge in [0.05, 0.1) is 5.41 Å². The molecule has 5 heteroatoms. The standard InChI is InChI=1S/C19H31N3O.ClH/c23-18(19-10-14-7-15(11-19)9-16(8-14)12-19)22-5-3-21(4-6-22)17-1-2-20-13-17;/h14-17,20H,1-13H2;1H. The lowest BCUT2D eigenvalue weighted by atomic mass is 9.49. The molecule has 4 aliphatic carbocycles. The molecule has 0 aromatic carbocycles. The maximum absolute atomic E-state index is 13.4. The van der Waals surface area contributed by atoms with E-state index in [1.807, 2.05) is 0 Å². The zero-order chi connectivity index (χ0) is 15.4. The summed E-state index contributed by atoms with van der Waals surface area (Å²) in [4.78, 5) is 18.2. The van der Waals surface area contributed by atoms with E-state index < -0.39 is 0 Å². The average Bonchev–Trinajstić information content (AvgIpc) is 3.07. The summed E-state index contributed by atoms with van der Waals surface area (Å²) in [5.41, 5.74) is 0.0613. The molecule has 4 saturated carbocycles. The highest BCUT2D eigenvalue weighted by molar-refractivity contribution is 5.85. The Balaban J connectivity index is 0.00000146. The summed E-state index contributed by atoms with van der Waals surface area (Å²) in [7, 11) is 0. The lowest BCUT2D eigenvalue weighted by Gasteiger charge is -2.57. The third-order valence-corrected chi connectivity index (χ3v) is 7.64. The smallest absolute Gasteiger partial charge is 0.228 e. The zero-order valence-electron chi connectivity index (χ0n) is 14.7. The molecule has 6 fully saturated rings. The normalized spacial score (nSPS) is 44.6. The van der Waals surface area contributed by atoms with Gasteiger partial charge in [0.1, 0.15) is 0 Å². The van der Waals surface area contributed by atoms with Gasteiger partial charge in [-0.3, -0.25) is 9.69 Å². The quantitative estimate of drug-likeness (QED) is 0.826. The molecule has 4 bridgehead atoms. The maximum atomic E-state index is 13.4. The van der Waals surface area contributed by atoms with Crippen LogP contribution in [0.15, 0.2) is 0 Å². The lowest BCUT2D eigenvalue weighted by molar-refractivity contribution is -0.159. The Bertz CT molecular complexity index is 448. The van der Waals surface area contributed by atoms with Gasteiger partial charge in [-0.1, -0.05) is 0 Å². The van der Waals surface area contributed by atoms with E-state index in [-0.39, 0.29) is 17.8 Å². The minimum absolute atomic E-state index is 0. The molecule has 0 spiro atoms. The van der Waals surface area contributed by atoms with E-state index in [0.29, 0.717) is 11.9 Å². The van der Waals surface area contributed by atoms with Crippen LogP contribution in [0.1, 0.15) is 44.9 Å². The van der Waals surface area contributed by atoms with Crippen molar-refractivity contribution in [2.24, 2.45) is 23.2 Å². The molecule has 1 N–H and O–H groups in total. The molecule has 1 amide bonds. The summed E-state index contributed by atoms with van der Waals surface area (Å²) in [6.07, 6.45) is 9.20. The van der Waals surface area contributed by atoms with Gasteiger partial charge in [0.2, 0.25) is 5.91 Å². The van der Waals surface area contributed by atoms with Crippen molar-refractivity contribution < 1.29 is 4.79 Å². The first kappa shape index (κ1) is 17.1. The SMILES string of the molecule is Cl.O=C(N1CCN(C2CCNC2)CC1)C12CC3CC(CC(C3)C1)C2. The number of carbonyl (C=O) groups excluding carboxylic acids is 1. The zero-order valence-corrected chi connectivity index (χ0v) is 15.5. The van der Waals surface area contributed by atoms with Crippen LogP contribution in [0.4, 0.5) is 0 Å². The highest BCUT2D eigenvalue weighted by Gasteiger charge is 2.55. The van der Waals surface area contributed by atoms with E-state index in [4.69, 9.17) is 0 Å². The Morgan fingerprint density at radius 3 is 2.00 bits per heavy atom. The maximum Gasteiger partial charge on any atom is 0.228 e. The van der Waals surface area contributed by atoms with E-state index in [2.05, 4.69) is 15.1 Å². The fourth-order valence-electron chi connectivity index (χ4n) is 6.95. The monoisotopic (exact) mass is 353 g/mol. The van der Waals surface area contributed by atoms with Gasteiger partial charge < -0.3 is 10.2 Å². The number of amides is 1. The highest BCUT2D eigenvalue weighted by Crippen LogP contribution is 2.60. The molecule has 4 nitrogen and oxygen atoms in total. The number of rotatable bonds is 2. The molecule has 1 unspecified atom stereocenters. The number of piperazine rings is 1. The summed E-state index contributed by atoms with van der Waals surface area (Å²) in [6.45, 7) is 6.42. The molecule has 2 saturated heterocycles. The van der Waals surface area contributed by atoms with Crippen LogP contribution in [-0.2, 0) is 4.79 Å².